The molecule has 0 aliphatic carbocycles. The van der Waals surface area contributed by atoms with Gasteiger partial charge in [0.1, 0.15) is 11.5 Å². The van der Waals surface area contributed by atoms with Gasteiger partial charge in [0, 0.05) is 33.0 Å². The summed E-state index contributed by atoms with van der Waals surface area (Å²) in [4.78, 5) is 41.7. The van der Waals surface area contributed by atoms with E-state index < -0.39 is 22.9 Å². The average Bonchev–Trinajstić information content (AvgIpc) is 3.08. The van der Waals surface area contributed by atoms with Gasteiger partial charge in [-0.05, 0) is 31.4 Å². The Kier molecular flexibility index (Phi) is 6.76. The molecular formula is C27H33N5O3. The fraction of sp³-hybridized carbons (Fsp3) is 0.407. The number of benzene rings is 2. The Labute approximate surface area is 206 Å². The van der Waals surface area contributed by atoms with Gasteiger partial charge < -0.3 is 16.0 Å². The topological polar surface area (TPSA) is 108 Å². The molecule has 0 unspecified atom stereocenters. The fourth-order valence-electron chi connectivity index (χ4n) is 4.83. The molecule has 0 bridgehead atoms. The number of fused-ring (bicyclic) bond motifs is 1. The van der Waals surface area contributed by atoms with Crippen molar-refractivity contribution in [2.75, 3.05) is 20.1 Å². The number of nitrogens with one attached hydrogen (secondary N) is 1. The number of carbonyl (C=O) groups excluding carboxylic acids is 3. The molecular weight excluding hydrogens is 442 g/mol. The molecule has 1 saturated heterocycles. The van der Waals surface area contributed by atoms with E-state index in [-0.39, 0.29) is 18.4 Å². The van der Waals surface area contributed by atoms with Crippen molar-refractivity contribution < 1.29 is 14.4 Å². The first-order chi connectivity index (χ1) is 16.6. The summed E-state index contributed by atoms with van der Waals surface area (Å²) in [5.74, 6) is -0.734. The smallest absolute Gasteiger partial charge is 0.256 e. The number of nitrogens with zero attached hydrogens (tertiary/aromatic N) is 3. The van der Waals surface area contributed by atoms with Crippen LogP contribution in [0, 0.1) is 5.41 Å². The Bertz CT molecular complexity index is 1130. The van der Waals surface area contributed by atoms with Crippen LogP contribution in [0.5, 0.6) is 0 Å². The molecule has 4 rings (SSSR count). The van der Waals surface area contributed by atoms with Crippen molar-refractivity contribution in [3.8, 4) is 0 Å². The minimum atomic E-state index is -1.13. The molecule has 8 heteroatoms. The van der Waals surface area contributed by atoms with Crippen LogP contribution < -0.4 is 11.1 Å². The zero-order valence-corrected chi connectivity index (χ0v) is 20.5. The van der Waals surface area contributed by atoms with Crippen LogP contribution in [0.2, 0.25) is 0 Å². The van der Waals surface area contributed by atoms with Crippen LogP contribution in [0.1, 0.15) is 31.4 Å². The number of hydrogen-bond donors (Lipinski definition) is 2. The summed E-state index contributed by atoms with van der Waals surface area (Å²) in [6, 6.07) is 18.5. The van der Waals surface area contributed by atoms with E-state index in [0.29, 0.717) is 25.8 Å². The fourth-order valence-corrected chi connectivity index (χ4v) is 4.83. The van der Waals surface area contributed by atoms with E-state index in [1.165, 1.54) is 5.01 Å². The number of likely N-dealkylation sites (tertiary alicyclic amines) is 1. The molecule has 184 valence electrons. The van der Waals surface area contributed by atoms with E-state index in [4.69, 9.17) is 5.73 Å². The Morgan fingerprint density at radius 2 is 1.69 bits per heavy atom. The Morgan fingerprint density at radius 3 is 2.29 bits per heavy atom. The van der Waals surface area contributed by atoms with E-state index in [1.54, 1.807) is 25.8 Å². The van der Waals surface area contributed by atoms with Crippen molar-refractivity contribution in [1.29, 1.82) is 0 Å². The Morgan fingerprint density at radius 1 is 1.09 bits per heavy atom. The maximum Gasteiger partial charge on any atom is 0.256 e. The summed E-state index contributed by atoms with van der Waals surface area (Å²) in [6.07, 6.45) is 1.30. The van der Waals surface area contributed by atoms with Gasteiger partial charge in [-0.2, -0.15) is 5.10 Å². The average molecular weight is 476 g/mol. The lowest BCUT2D eigenvalue weighted by atomic mass is 9.73. The number of carbonyl (C=O) groups is 3. The van der Waals surface area contributed by atoms with Crippen LogP contribution in [0.4, 0.5) is 0 Å². The minimum absolute atomic E-state index is 0.111. The SMILES string of the molecule is CN1N=C2CCN(C(=O)[C@@H](Cc3ccccc3)NC(=O)C(C)(C)N)C[C@@]2(Cc2ccccc2)C1=O. The molecule has 35 heavy (non-hydrogen) atoms. The van der Waals surface area contributed by atoms with Crippen LogP contribution in [-0.4, -0.2) is 65.1 Å². The molecule has 2 atom stereocenters. The maximum atomic E-state index is 13.8. The highest BCUT2D eigenvalue weighted by atomic mass is 16.2. The molecule has 8 nitrogen and oxygen atoms in total. The van der Waals surface area contributed by atoms with Gasteiger partial charge in [-0.3, -0.25) is 14.4 Å². The molecule has 2 aromatic rings. The van der Waals surface area contributed by atoms with Crippen LogP contribution in [0.3, 0.4) is 0 Å². The first-order valence-corrected chi connectivity index (χ1v) is 11.9. The predicted molar refractivity (Wildman–Crippen MR) is 134 cm³/mol. The van der Waals surface area contributed by atoms with Crippen molar-refractivity contribution in [2.24, 2.45) is 16.3 Å². The van der Waals surface area contributed by atoms with E-state index in [2.05, 4.69) is 10.4 Å². The Hall–Kier alpha value is -3.52. The number of piperidine rings is 1. The molecule has 1 fully saturated rings. The van der Waals surface area contributed by atoms with Gasteiger partial charge in [-0.1, -0.05) is 60.7 Å². The summed E-state index contributed by atoms with van der Waals surface area (Å²) in [5.41, 5.74) is 6.72. The second-order valence-electron chi connectivity index (χ2n) is 10.1. The quantitative estimate of drug-likeness (QED) is 0.636. The number of nitrogens with two attached hydrogens (primary N) is 1. The molecule has 2 aliphatic rings. The van der Waals surface area contributed by atoms with Gasteiger partial charge in [-0.25, -0.2) is 5.01 Å². The second-order valence-corrected chi connectivity index (χ2v) is 10.1. The van der Waals surface area contributed by atoms with Gasteiger partial charge in [0.15, 0.2) is 0 Å². The first-order valence-electron chi connectivity index (χ1n) is 11.9. The van der Waals surface area contributed by atoms with Crippen molar-refractivity contribution in [2.45, 2.75) is 44.7 Å². The van der Waals surface area contributed by atoms with Crippen LogP contribution in [0.25, 0.3) is 0 Å². The lowest BCUT2D eigenvalue weighted by Gasteiger charge is -2.41. The molecule has 0 saturated carbocycles. The van der Waals surface area contributed by atoms with Gasteiger partial charge in [0.2, 0.25) is 11.8 Å². The van der Waals surface area contributed by atoms with Crippen LogP contribution >= 0.6 is 0 Å². The van der Waals surface area contributed by atoms with E-state index in [0.717, 1.165) is 16.8 Å². The number of hydrazone groups is 1. The monoisotopic (exact) mass is 475 g/mol. The second kappa shape index (κ2) is 9.62. The number of amides is 3. The van der Waals surface area contributed by atoms with Crippen molar-refractivity contribution in [3.05, 3.63) is 71.8 Å². The highest BCUT2D eigenvalue weighted by Gasteiger charge is 2.53. The lowest BCUT2D eigenvalue weighted by Crippen LogP contribution is -2.61. The summed E-state index contributed by atoms with van der Waals surface area (Å²) < 4.78 is 0. The molecule has 3 amide bonds. The van der Waals surface area contributed by atoms with Gasteiger partial charge in [-0.15, -0.1) is 0 Å². The first kappa shape index (κ1) is 24.6. The largest absolute Gasteiger partial charge is 0.342 e. The Balaban J connectivity index is 1.62. The van der Waals surface area contributed by atoms with Gasteiger partial charge in [0.05, 0.1) is 11.3 Å². The third-order valence-corrected chi connectivity index (χ3v) is 6.74. The molecule has 0 radical (unpaired) electrons. The minimum Gasteiger partial charge on any atom is -0.342 e. The van der Waals surface area contributed by atoms with E-state index >= 15 is 0 Å². The standard InChI is InChI=1S/C27H33N5O3/c1-26(2,28)24(34)29-21(16-19-10-6-4-7-11-19)23(33)32-15-14-22-27(18-32,25(35)31(3)30-22)17-20-12-8-5-9-13-20/h4-13,21H,14-18,28H2,1-3H3,(H,29,34)/t21-,27-/m1/s1. The summed E-state index contributed by atoms with van der Waals surface area (Å²) in [7, 11) is 1.66. The molecule has 2 aliphatic heterocycles. The van der Waals surface area contributed by atoms with E-state index in [9.17, 15) is 14.4 Å². The summed E-state index contributed by atoms with van der Waals surface area (Å²) in [5, 5.41) is 8.78. The summed E-state index contributed by atoms with van der Waals surface area (Å²) >= 11 is 0. The zero-order valence-electron chi connectivity index (χ0n) is 20.5. The molecule has 2 heterocycles. The van der Waals surface area contributed by atoms with E-state index in [1.807, 2.05) is 60.7 Å². The van der Waals surface area contributed by atoms with Crippen molar-refractivity contribution in [3.63, 3.8) is 0 Å². The number of hydrogen-bond acceptors (Lipinski definition) is 5. The molecule has 3 N–H and O–H groups in total. The molecule has 2 aromatic carbocycles. The lowest BCUT2D eigenvalue weighted by molar-refractivity contribution is -0.142. The normalized spacial score (nSPS) is 20.8. The van der Waals surface area contributed by atoms with Crippen molar-refractivity contribution >= 4 is 23.4 Å². The highest BCUT2D eigenvalue weighted by Crippen LogP contribution is 2.38. The van der Waals surface area contributed by atoms with Crippen molar-refractivity contribution in [1.82, 2.24) is 15.2 Å². The number of rotatable bonds is 7. The third-order valence-electron chi connectivity index (χ3n) is 6.74. The molecule has 0 aromatic heterocycles. The van der Waals surface area contributed by atoms with Crippen LogP contribution in [0.15, 0.2) is 65.8 Å². The third kappa shape index (κ3) is 5.12. The zero-order chi connectivity index (χ0) is 25.2. The van der Waals surface area contributed by atoms with Crippen LogP contribution in [-0.2, 0) is 27.2 Å². The van der Waals surface area contributed by atoms with Gasteiger partial charge >= 0.3 is 0 Å². The predicted octanol–water partition coefficient (Wildman–Crippen LogP) is 1.74. The highest BCUT2D eigenvalue weighted by molar-refractivity contribution is 6.13. The maximum absolute atomic E-state index is 13.8. The summed E-state index contributed by atoms with van der Waals surface area (Å²) in [6.45, 7) is 3.87. The molecule has 0 spiro atoms. The van der Waals surface area contributed by atoms with Gasteiger partial charge in [0.25, 0.3) is 5.91 Å².